The Balaban J connectivity index is 1.36. The molecule has 9 heteroatoms. The zero-order chi connectivity index (χ0) is 25.1. The standard InChI is InChI=1S/C27H31N5O4/c1-3-20(15-36-23-7-5-6-18-8-9-21(33)14-22(18)23)32(4-2)26-24-25(28-16-29-26)31(17-30-24)12-10-19-11-13-35-27(19)34/h5-9,14,16-17,19-20,33H,3-4,10-13,15H2,1-2H3/t19?,20-/m1/s1. The van der Waals surface area contributed by atoms with Crippen LogP contribution in [0.25, 0.3) is 21.9 Å². The Morgan fingerprint density at radius 3 is 2.89 bits per heavy atom. The fraction of sp³-hybridized carbons (Fsp3) is 0.407. The minimum absolute atomic E-state index is 0.0547. The lowest BCUT2D eigenvalue weighted by Gasteiger charge is -2.31. The molecule has 0 amide bonds. The summed E-state index contributed by atoms with van der Waals surface area (Å²) in [5.41, 5.74) is 1.49. The molecule has 2 atom stereocenters. The average molecular weight is 490 g/mol. The van der Waals surface area contributed by atoms with E-state index in [0.29, 0.717) is 26.2 Å². The summed E-state index contributed by atoms with van der Waals surface area (Å²) >= 11 is 0. The van der Waals surface area contributed by atoms with Gasteiger partial charge in [-0.3, -0.25) is 4.79 Å². The molecule has 1 saturated heterocycles. The number of benzene rings is 2. The number of anilines is 1. The maximum Gasteiger partial charge on any atom is 0.309 e. The number of cyclic esters (lactones) is 1. The van der Waals surface area contributed by atoms with Crippen molar-refractivity contribution in [1.29, 1.82) is 0 Å². The molecule has 36 heavy (non-hydrogen) atoms. The van der Waals surface area contributed by atoms with Gasteiger partial charge < -0.3 is 24.0 Å². The summed E-state index contributed by atoms with van der Waals surface area (Å²) in [6, 6.07) is 11.2. The minimum Gasteiger partial charge on any atom is -0.508 e. The lowest BCUT2D eigenvalue weighted by atomic mass is 10.0. The second-order valence-electron chi connectivity index (χ2n) is 9.07. The number of carbonyl (C=O) groups is 1. The number of hydrogen-bond acceptors (Lipinski definition) is 8. The van der Waals surface area contributed by atoms with E-state index >= 15 is 0 Å². The molecule has 1 aliphatic heterocycles. The quantitative estimate of drug-likeness (QED) is 0.329. The van der Waals surface area contributed by atoms with Crippen LogP contribution in [0.15, 0.2) is 49.1 Å². The van der Waals surface area contributed by atoms with Crippen molar-refractivity contribution in [3.8, 4) is 11.5 Å². The van der Waals surface area contributed by atoms with Gasteiger partial charge >= 0.3 is 5.97 Å². The lowest BCUT2D eigenvalue weighted by Crippen LogP contribution is -2.40. The number of rotatable bonds is 10. The van der Waals surface area contributed by atoms with Gasteiger partial charge in [0.25, 0.3) is 0 Å². The van der Waals surface area contributed by atoms with Crippen LogP contribution in [0.2, 0.25) is 0 Å². The summed E-state index contributed by atoms with van der Waals surface area (Å²) < 4.78 is 13.4. The van der Waals surface area contributed by atoms with E-state index < -0.39 is 0 Å². The van der Waals surface area contributed by atoms with Crippen LogP contribution >= 0.6 is 0 Å². The van der Waals surface area contributed by atoms with Crippen LogP contribution in [-0.4, -0.2) is 56.4 Å². The Morgan fingerprint density at radius 2 is 2.11 bits per heavy atom. The van der Waals surface area contributed by atoms with Crippen LogP contribution in [0.5, 0.6) is 11.5 Å². The molecule has 0 radical (unpaired) electrons. The van der Waals surface area contributed by atoms with E-state index in [1.54, 1.807) is 24.8 Å². The van der Waals surface area contributed by atoms with Crippen molar-refractivity contribution >= 4 is 33.7 Å². The van der Waals surface area contributed by atoms with Crippen LogP contribution in [0.1, 0.15) is 33.1 Å². The fourth-order valence-corrected chi connectivity index (χ4v) is 4.89. The van der Waals surface area contributed by atoms with Gasteiger partial charge in [-0.2, -0.15) is 0 Å². The number of likely N-dealkylation sites (N-methyl/N-ethyl adjacent to an activating group) is 1. The van der Waals surface area contributed by atoms with E-state index in [-0.39, 0.29) is 23.7 Å². The molecule has 4 aromatic rings. The van der Waals surface area contributed by atoms with Crippen LogP contribution in [-0.2, 0) is 16.1 Å². The minimum atomic E-state index is -0.112. The van der Waals surface area contributed by atoms with Crippen molar-refractivity contribution in [3.05, 3.63) is 49.1 Å². The number of hydrogen-bond donors (Lipinski definition) is 1. The summed E-state index contributed by atoms with van der Waals surface area (Å²) in [6.45, 7) is 6.55. The van der Waals surface area contributed by atoms with Crippen LogP contribution in [0.3, 0.4) is 0 Å². The number of imidazole rings is 1. The average Bonchev–Trinajstić information content (AvgIpc) is 3.51. The third kappa shape index (κ3) is 4.65. The largest absolute Gasteiger partial charge is 0.508 e. The first-order chi connectivity index (χ1) is 17.6. The maximum atomic E-state index is 11.8. The second kappa shape index (κ2) is 10.4. The fourth-order valence-electron chi connectivity index (χ4n) is 4.89. The van der Waals surface area contributed by atoms with Crippen molar-refractivity contribution in [2.24, 2.45) is 5.92 Å². The molecule has 0 spiro atoms. The van der Waals surface area contributed by atoms with Gasteiger partial charge in [0, 0.05) is 18.5 Å². The second-order valence-corrected chi connectivity index (χ2v) is 9.07. The number of nitrogens with zero attached hydrogens (tertiary/aromatic N) is 5. The zero-order valence-corrected chi connectivity index (χ0v) is 20.6. The van der Waals surface area contributed by atoms with Gasteiger partial charge in [0.2, 0.25) is 0 Å². The van der Waals surface area contributed by atoms with Gasteiger partial charge in [0.1, 0.15) is 24.4 Å². The van der Waals surface area contributed by atoms with Gasteiger partial charge in [-0.1, -0.05) is 25.1 Å². The normalized spacial score (nSPS) is 16.4. The number of ether oxygens (including phenoxy) is 2. The van der Waals surface area contributed by atoms with E-state index in [1.165, 1.54) is 0 Å². The maximum absolute atomic E-state index is 11.8. The Bertz CT molecular complexity index is 1370. The molecular formula is C27H31N5O4. The molecule has 1 N–H and O–H groups in total. The molecule has 9 nitrogen and oxygen atoms in total. The monoisotopic (exact) mass is 489 g/mol. The van der Waals surface area contributed by atoms with Gasteiger partial charge in [0.05, 0.1) is 24.9 Å². The molecule has 5 rings (SSSR count). The van der Waals surface area contributed by atoms with Crippen LogP contribution < -0.4 is 9.64 Å². The predicted octanol–water partition coefficient (Wildman–Crippen LogP) is 4.32. The molecule has 3 heterocycles. The summed E-state index contributed by atoms with van der Waals surface area (Å²) in [7, 11) is 0. The molecule has 188 valence electrons. The van der Waals surface area contributed by atoms with E-state index in [4.69, 9.17) is 9.47 Å². The Hall–Kier alpha value is -3.88. The molecule has 1 unspecified atom stereocenters. The highest BCUT2D eigenvalue weighted by Gasteiger charge is 2.27. The number of esters is 1. The highest BCUT2D eigenvalue weighted by molar-refractivity contribution is 5.89. The molecule has 2 aromatic carbocycles. The number of aromatic hydroxyl groups is 1. The van der Waals surface area contributed by atoms with Crippen molar-refractivity contribution in [1.82, 2.24) is 19.5 Å². The molecular weight excluding hydrogens is 458 g/mol. The van der Waals surface area contributed by atoms with E-state index in [0.717, 1.165) is 52.9 Å². The highest BCUT2D eigenvalue weighted by atomic mass is 16.5. The number of phenolic OH excluding ortho intramolecular Hbond substituents is 1. The summed E-state index contributed by atoms with van der Waals surface area (Å²) in [6.07, 6.45) is 5.66. The van der Waals surface area contributed by atoms with Gasteiger partial charge in [-0.25, -0.2) is 15.0 Å². The van der Waals surface area contributed by atoms with Gasteiger partial charge in [-0.05, 0) is 49.8 Å². The smallest absolute Gasteiger partial charge is 0.309 e. The van der Waals surface area contributed by atoms with Gasteiger partial charge in [-0.15, -0.1) is 0 Å². The van der Waals surface area contributed by atoms with Crippen LogP contribution in [0.4, 0.5) is 5.82 Å². The lowest BCUT2D eigenvalue weighted by molar-refractivity contribution is -0.141. The molecule has 1 aliphatic rings. The van der Waals surface area contributed by atoms with Crippen molar-refractivity contribution < 1.29 is 19.4 Å². The van der Waals surface area contributed by atoms with Gasteiger partial charge in [0.15, 0.2) is 17.0 Å². The predicted molar refractivity (Wildman–Crippen MR) is 137 cm³/mol. The number of aryl methyl sites for hydroxylation is 1. The van der Waals surface area contributed by atoms with E-state index in [1.807, 2.05) is 28.8 Å². The third-order valence-electron chi connectivity index (χ3n) is 6.93. The Morgan fingerprint density at radius 1 is 1.22 bits per heavy atom. The molecule has 0 aliphatic carbocycles. The summed E-state index contributed by atoms with van der Waals surface area (Å²) in [5, 5.41) is 11.9. The first-order valence-electron chi connectivity index (χ1n) is 12.5. The molecule has 0 saturated carbocycles. The van der Waals surface area contributed by atoms with E-state index in [9.17, 15) is 9.90 Å². The Labute approximate surface area is 209 Å². The number of phenols is 1. The SMILES string of the molecule is CC[C@H](COc1cccc2ccc(O)cc12)N(CC)c1ncnc2c1ncn2CCC1CCOC1=O. The first-order valence-corrected chi connectivity index (χ1v) is 12.5. The Kier molecular flexibility index (Phi) is 6.88. The highest BCUT2D eigenvalue weighted by Crippen LogP contribution is 2.30. The van der Waals surface area contributed by atoms with Crippen molar-refractivity contribution in [2.75, 3.05) is 24.7 Å². The number of aromatic nitrogens is 4. The molecule has 0 bridgehead atoms. The summed E-state index contributed by atoms with van der Waals surface area (Å²) in [5.74, 6) is 1.55. The third-order valence-corrected chi connectivity index (χ3v) is 6.93. The number of carbonyl (C=O) groups excluding carboxylic acids is 1. The zero-order valence-electron chi connectivity index (χ0n) is 20.6. The molecule has 2 aromatic heterocycles. The first kappa shape index (κ1) is 23.8. The van der Waals surface area contributed by atoms with E-state index in [2.05, 4.69) is 33.7 Å². The molecule has 1 fully saturated rings. The topological polar surface area (TPSA) is 103 Å². The van der Waals surface area contributed by atoms with Crippen molar-refractivity contribution in [2.45, 2.75) is 45.7 Å². The van der Waals surface area contributed by atoms with Crippen LogP contribution in [0, 0.1) is 5.92 Å². The van der Waals surface area contributed by atoms with Crippen molar-refractivity contribution in [3.63, 3.8) is 0 Å². The number of fused-ring (bicyclic) bond motifs is 2. The summed E-state index contributed by atoms with van der Waals surface area (Å²) in [4.78, 5) is 27.8.